The van der Waals surface area contributed by atoms with Crippen LogP contribution in [0.2, 0.25) is 0 Å². The number of amides is 1. The van der Waals surface area contributed by atoms with Crippen LogP contribution in [-0.2, 0) is 16.6 Å². The zero-order valence-corrected chi connectivity index (χ0v) is 14.5. The highest BCUT2D eigenvalue weighted by Gasteiger charge is 2.16. The van der Waals surface area contributed by atoms with Gasteiger partial charge in [-0.15, -0.1) is 0 Å². The van der Waals surface area contributed by atoms with Crippen molar-refractivity contribution >= 4 is 15.9 Å². The molecule has 0 unspecified atom stereocenters. The molecule has 1 aromatic carbocycles. The SMILES string of the molecule is CC(C)CNS(=O)(=O)c1cccc(C(=O)NCc2ccccn2)c1. The van der Waals surface area contributed by atoms with Crippen molar-refractivity contribution in [3.63, 3.8) is 0 Å². The minimum absolute atomic E-state index is 0.0774. The van der Waals surface area contributed by atoms with E-state index in [1.54, 1.807) is 30.5 Å². The number of hydrogen-bond donors (Lipinski definition) is 2. The van der Waals surface area contributed by atoms with Gasteiger partial charge in [0.05, 0.1) is 17.1 Å². The lowest BCUT2D eigenvalue weighted by atomic mass is 10.2. The maximum atomic E-state index is 12.2. The maximum Gasteiger partial charge on any atom is 0.251 e. The van der Waals surface area contributed by atoms with Gasteiger partial charge in [0.2, 0.25) is 10.0 Å². The van der Waals surface area contributed by atoms with Gasteiger partial charge in [-0.25, -0.2) is 13.1 Å². The first-order valence-electron chi connectivity index (χ1n) is 7.66. The van der Waals surface area contributed by atoms with Crippen molar-refractivity contribution in [3.8, 4) is 0 Å². The van der Waals surface area contributed by atoms with Crippen molar-refractivity contribution in [1.82, 2.24) is 15.0 Å². The van der Waals surface area contributed by atoms with Crippen LogP contribution in [-0.4, -0.2) is 25.9 Å². The van der Waals surface area contributed by atoms with E-state index in [4.69, 9.17) is 0 Å². The van der Waals surface area contributed by atoms with Crippen LogP contribution >= 0.6 is 0 Å². The van der Waals surface area contributed by atoms with Crippen molar-refractivity contribution in [1.29, 1.82) is 0 Å². The lowest BCUT2D eigenvalue weighted by Crippen LogP contribution is -2.28. The van der Waals surface area contributed by atoms with E-state index in [0.717, 1.165) is 5.69 Å². The first kappa shape index (κ1) is 18.1. The Hall–Kier alpha value is -2.25. The summed E-state index contributed by atoms with van der Waals surface area (Å²) in [5.41, 5.74) is 1.02. The number of benzene rings is 1. The summed E-state index contributed by atoms with van der Waals surface area (Å²) in [6.07, 6.45) is 1.65. The van der Waals surface area contributed by atoms with Crippen LogP contribution < -0.4 is 10.0 Å². The predicted octanol–water partition coefficient (Wildman–Crippen LogP) is 1.95. The van der Waals surface area contributed by atoms with Gasteiger partial charge in [0, 0.05) is 18.3 Å². The van der Waals surface area contributed by atoms with E-state index in [1.165, 1.54) is 12.1 Å². The van der Waals surface area contributed by atoms with Crippen LogP contribution in [0.3, 0.4) is 0 Å². The second-order valence-corrected chi connectivity index (χ2v) is 7.54. The molecule has 1 amide bonds. The Balaban J connectivity index is 2.07. The summed E-state index contributed by atoms with van der Waals surface area (Å²) in [5.74, 6) is -0.147. The van der Waals surface area contributed by atoms with E-state index in [-0.39, 0.29) is 23.3 Å². The largest absolute Gasteiger partial charge is 0.346 e. The molecule has 2 aromatic rings. The van der Waals surface area contributed by atoms with Gasteiger partial charge in [-0.2, -0.15) is 0 Å². The highest BCUT2D eigenvalue weighted by molar-refractivity contribution is 7.89. The fourth-order valence-electron chi connectivity index (χ4n) is 1.94. The third-order valence-electron chi connectivity index (χ3n) is 3.24. The molecule has 0 aliphatic rings. The molecule has 0 saturated carbocycles. The quantitative estimate of drug-likeness (QED) is 0.801. The minimum atomic E-state index is -3.62. The molecule has 24 heavy (non-hydrogen) atoms. The zero-order chi connectivity index (χ0) is 17.6. The average molecular weight is 347 g/mol. The molecule has 0 saturated heterocycles. The van der Waals surface area contributed by atoms with Crippen LogP contribution in [0.15, 0.2) is 53.6 Å². The van der Waals surface area contributed by atoms with Crippen LogP contribution in [0.1, 0.15) is 29.9 Å². The van der Waals surface area contributed by atoms with Crippen molar-refractivity contribution in [2.45, 2.75) is 25.3 Å². The molecule has 0 radical (unpaired) electrons. The van der Waals surface area contributed by atoms with Gasteiger partial charge in [0.25, 0.3) is 5.91 Å². The molecule has 0 fully saturated rings. The Bertz CT molecular complexity index is 790. The smallest absolute Gasteiger partial charge is 0.251 e. The minimum Gasteiger partial charge on any atom is -0.346 e. The van der Waals surface area contributed by atoms with Crippen LogP contribution in [0.5, 0.6) is 0 Å². The molecule has 7 heteroatoms. The monoisotopic (exact) mass is 347 g/mol. The fraction of sp³-hybridized carbons (Fsp3) is 0.294. The number of hydrogen-bond acceptors (Lipinski definition) is 4. The van der Waals surface area contributed by atoms with E-state index >= 15 is 0 Å². The van der Waals surface area contributed by atoms with Crippen LogP contribution in [0.25, 0.3) is 0 Å². The summed E-state index contributed by atoms with van der Waals surface area (Å²) in [7, 11) is -3.62. The number of rotatable bonds is 7. The van der Waals surface area contributed by atoms with Gasteiger partial charge in [0.15, 0.2) is 0 Å². The predicted molar refractivity (Wildman–Crippen MR) is 91.9 cm³/mol. The highest BCUT2D eigenvalue weighted by atomic mass is 32.2. The summed E-state index contributed by atoms with van der Waals surface area (Å²) >= 11 is 0. The normalized spacial score (nSPS) is 11.5. The number of pyridine rings is 1. The summed E-state index contributed by atoms with van der Waals surface area (Å²) in [6, 6.07) is 11.4. The van der Waals surface area contributed by atoms with Gasteiger partial charge >= 0.3 is 0 Å². The van der Waals surface area contributed by atoms with Crippen LogP contribution in [0.4, 0.5) is 0 Å². The molecule has 0 atom stereocenters. The van der Waals surface area contributed by atoms with E-state index < -0.39 is 10.0 Å². The van der Waals surface area contributed by atoms with E-state index in [2.05, 4.69) is 15.0 Å². The molecule has 0 bridgehead atoms. The standard InChI is InChI=1S/C17H21N3O3S/c1-13(2)11-20-24(22,23)16-8-5-6-14(10-16)17(21)19-12-15-7-3-4-9-18-15/h3-10,13,20H,11-12H2,1-2H3,(H,19,21). The van der Waals surface area contributed by atoms with E-state index in [9.17, 15) is 13.2 Å². The number of nitrogens with zero attached hydrogens (tertiary/aromatic N) is 1. The van der Waals surface area contributed by atoms with Crippen LogP contribution in [0, 0.1) is 5.92 Å². The molecule has 0 aliphatic heterocycles. The number of carbonyl (C=O) groups is 1. The molecular formula is C17H21N3O3S. The van der Waals surface area contributed by atoms with Crippen molar-refractivity contribution in [3.05, 3.63) is 59.9 Å². The molecule has 0 spiro atoms. The lowest BCUT2D eigenvalue weighted by molar-refractivity contribution is 0.0950. The van der Waals surface area contributed by atoms with Crippen molar-refractivity contribution in [2.24, 2.45) is 5.92 Å². The van der Waals surface area contributed by atoms with Gasteiger partial charge in [-0.05, 0) is 36.2 Å². The second-order valence-electron chi connectivity index (χ2n) is 5.78. The van der Waals surface area contributed by atoms with Gasteiger partial charge in [-0.1, -0.05) is 26.0 Å². The lowest BCUT2D eigenvalue weighted by Gasteiger charge is -2.10. The Morgan fingerprint density at radius 2 is 1.96 bits per heavy atom. The molecule has 2 N–H and O–H groups in total. The topological polar surface area (TPSA) is 88.2 Å². The third kappa shape index (κ3) is 5.14. The highest BCUT2D eigenvalue weighted by Crippen LogP contribution is 2.12. The Kier molecular flexibility index (Phi) is 6.05. The molecule has 1 aromatic heterocycles. The first-order valence-corrected chi connectivity index (χ1v) is 9.14. The summed E-state index contributed by atoms with van der Waals surface area (Å²) in [5, 5.41) is 2.73. The van der Waals surface area contributed by atoms with Gasteiger partial charge in [-0.3, -0.25) is 9.78 Å². The Morgan fingerprint density at radius 3 is 2.62 bits per heavy atom. The molecule has 1 heterocycles. The number of carbonyl (C=O) groups excluding carboxylic acids is 1. The number of nitrogens with one attached hydrogen (secondary N) is 2. The number of sulfonamides is 1. The second kappa shape index (κ2) is 8.03. The van der Waals surface area contributed by atoms with Crippen molar-refractivity contribution in [2.75, 3.05) is 6.54 Å². The third-order valence-corrected chi connectivity index (χ3v) is 4.67. The van der Waals surface area contributed by atoms with E-state index in [0.29, 0.717) is 12.1 Å². The summed E-state index contributed by atoms with van der Waals surface area (Å²) in [4.78, 5) is 16.4. The number of aromatic nitrogens is 1. The van der Waals surface area contributed by atoms with E-state index in [1.807, 2.05) is 19.9 Å². The summed E-state index contributed by atoms with van der Waals surface area (Å²) < 4.78 is 27.0. The Morgan fingerprint density at radius 1 is 1.17 bits per heavy atom. The molecular weight excluding hydrogens is 326 g/mol. The summed E-state index contributed by atoms with van der Waals surface area (Å²) in [6.45, 7) is 4.47. The fourth-order valence-corrected chi connectivity index (χ4v) is 3.20. The maximum absolute atomic E-state index is 12.2. The molecule has 2 rings (SSSR count). The van der Waals surface area contributed by atoms with Gasteiger partial charge < -0.3 is 5.32 Å². The Labute approximate surface area is 142 Å². The molecule has 128 valence electrons. The zero-order valence-electron chi connectivity index (χ0n) is 13.7. The molecule has 6 nitrogen and oxygen atoms in total. The molecule has 0 aliphatic carbocycles. The van der Waals surface area contributed by atoms with Gasteiger partial charge in [0.1, 0.15) is 0 Å². The first-order chi connectivity index (χ1) is 11.4. The average Bonchev–Trinajstić information content (AvgIpc) is 2.59. The van der Waals surface area contributed by atoms with Crippen molar-refractivity contribution < 1.29 is 13.2 Å².